The summed E-state index contributed by atoms with van der Waals surface area (Å²) in [6.45, 7) is 11.1. The van der Waals surface area contributed by atoms with Gasteiger partial charge in [-0.25, -0.2) is 0 Å². The van der Waals surface area contributed by atoms with Crippen LogP contribution in [0, 0.1) is 11.8 Å². The number of aliphatic carboxylic acids is 2. The fraction of sp³-hybridized carbons (Fsp3) is 0.938. The van der Waals surface area contributed by atoms with E-state index in [9.17, 15) is 19.8 Å². The molecule has 0 aliphatic heterocycles. The maximum atomic E-state index is 10.3. The molecule has 0 rings (SSSR count). The van der Waals surface area contributed by atoms with Crippen molar-refractivity contribution in [3.63, 3.8) is 0 Å². The van der Waals surface area contributed by atoms with Crippen molar-refractivity contribution in [3.05, 3.63) is 0 Å². The van der Waals surface area contributed by atoms with Crippen molar-refractivity contribution in [1.82, 2.24) is 0 Å². The first kappa shape index (κ1) is 45.2. The van der Waals surface area contributed by atoms with Crippen molar-refractivity contribution in [2.75, 3.05) is 5.75 Å². The number of hydrogen-bond acceptors (Lipinski definition) is 7. The Morgan fingerprint density at radius 3 is 1.18 bits per heavy atom. The van der Waals surface area contributed by atoms with Crippen molar-refractivity contribution >= 4 is 67.7 Å². The average Bonchev–Trinajstić information content (AvgIpc) is 2.89. The molecule has 0 saturated carbocycles. The van der Waals surface area contributed by atoms with Crippen molar-refractivity contribution in [2.24, 2.45) is 11.8 Å². The maximum absolute atomic E-state index is 10.3. The zero-order valence-corrected chi connectivity index (χ0v) is 31.7. The zero-order chi connectivity index (χ0) is 31.0. The van der Waals surface area contributed by atoms with Crippen LogP contribution in [0.1, 0.15) is 163 Å². The Bertz CT molecular complexity index is 490. The van der Waals surface area contributed by atoms with Gasteiger partial charge in [0, 0.05) is 10.5 Å². The van der Waals surface area contributed by atoms with Crippen LogP contribution in [0.4, 0.5) is 0 Å². The number of hydrogen-bond donors (Lipinski definition) is 2. The van der Waals surface area contributed by atoms with Gasteiger partial charge in [0.05, 0.1) is 11.9 Å². The van der Waals surface area contributed by atoms with Crippen LogP contribution in [0.2, 0.25) is 0 Å². The van der Waals surface area contributed by atoms with Gasteiger partial charge in [-0.15, -0.1) is 0 Å². The minimum absolute atomic E-state index is 0.584. The summed E-state index contributed by atoms with van der Waals surface area (Å²) in [4.78, 5) is 20.6. The molecule has 0 aromatic heterocycles. The molecule has 0 saturated heterocycles. The molecule has 0 bridgehead atoms. The molecular formula is C32H63O4S3Sb. The summed E-state index contributed by atoms with van der Waals surface area (Å²) in [7, 11) is 2.03. The quantitative estimate of drug-likeness (QED) is 0.0566. The number of carboxylic acids is 2. The van der Waals surface area contributed by atoms with E-state index in [2.05, 4.69) is 59.9 Å². The molecule has 8 heteroatoms. The fourth-order valence-corrected chi connectivity index (χ4v) is 5.83. The summed E-state index contributed by atoms with van der Waals surface area (Å²) in [5.74, 6) is 0.769. The molecule has 2 unspecified atom stereocenters. The van der Waals surface area contributed by atoms with Gasteiger partial charge in [0.2, 0.25) is 0 Å². The Morgan fingerprint density at radius 2 is 0.875 bits per heavy atom. The molecule has 0 aliphatic rings. The van der Waals surface area contributed by atoms with Gasteiger partial charge in [-0.2, -0.15) is 25.3 Å². The number of unbranched alkanes of at least 4 members (excludes halogenated alkanes) is 13. The molecule has 0 fully saturated rings. The molecule has 0 N–H and O–H groups in total. The topological polar surface area (TPSA) is 80.3 Å². The fourth-order valence-electron chi connectivity index (χ4n) is 4.02. The number of rotatable bonds is 25. The third-order valence-corrected chi connectivity index (χ3v) is 9.62. The second-order valence-corrected chi connectivity index (χ2v) is 15.9. The van der Waals surface area contributed by atoms with Crippen LogP contribution in [-0.2, 0) is 9.59 Å². The van der Waals surface area contributed by atoms with Gasteiger partial charge in [0.15, 0.2) is 0 Å². The zero-order valence-electron chi connectivity index (χ0n) is 26.5. The van der Waals surface area contributed by atoms with Crippen molar-refractivity contribution < 1.29 is 19.8 Å². The average molecular weight is 730 g/mol. The van der Waals surface area contributed by atoms with Gasteiger partial charge < -0.3 is 19.8 Å². The first-order valence-corrected chi connectivity index (χ1v) is 21.1. The van der Waals surface area contributed by atoms with Gasteiger partial charge in [0.1, 0.15) is 0 Å². The Hall–Kier alpha value is 0.808. The molecule has 0 aromatic carbocycles. The van der Waals surface area contributed by atoms with Crippen LogP contribution < -0.4 is 10.2 Å². The molecule has 0 spiro atoms. The van der Waals surface area contributed by atoms with E-state index in [0.29, 0.717) is 12.8 Å². The van der Waals surface area contributed by atoms with Gasteiger partial charge in [-0.05, 0) is 24.7 Å². The molecular weight excluding hydrogens is 666 g/mol. The molecule has 40 heavy (non-hydrogen) atoms. The Labute approximate surface area is 276 Å². The number of carboxylic acid groups (broad SMARTS) is 2. The van der Waals surface area contributed by atoms with E-state index < -0.39 is 22.4 Å². The molecule has 0 heterocycles. The summed E-state index contributed by atoms with van der Waals surface area (Å²) < 4.78 is 0. The van der Waals surface area contributed by atoms with E-state index >= 15 is 0 Å². The summed E-state index contributed by atoms with van der Waals surface area (Å²) in [6.07, 6.45) is 24.7. The summed E-state index contributed by atoms with van der Waals surface area (Å²) >= 11 is 9.70. The molecule has 4 nitrogen and oxygen atoms in total. The Kier molecular flexibility index (Phi) is 40.7. The second-order valence-electron chi connectivity index (χ2n) is 11.7. The third kappa shape index (κ3) is 43.3. The molecule has 238 valence electrons. The van der Waals surface area contributed by atoms with E-state index in [1.165, 1.54) is 95.6 Å². The van der Waals surface area contributed by atoms with Crippen LogP contribution in [0.3, 0.4) is 0 Å². The van der Waals surface area contributed by atoms with Crippen LogP contribution in [0.5, 0.6) is 0 Å². The van der Waals surface area contributed by atoms with Crippen LogP contribution in [-0.4, -0.2) is 49.8 Å². The normalized spacial score (nSPS) is 12.3. The van der Waals surface area contributed by atoms with Gasteiger partial charge in [0.25, 0.3) is 0 Å². The molecule has 0 aromatic rings. The molecule has 0 amide bonds. The predicted octanol–water partition coefficient (Wildman–Crippen LogP) is 8.01. The van der Waals surface area contributed by atoms with Gasteiger partial charge in [-0.1, -0.05) is 86.0 Å². The molecule has 2 radical (unpaired) electrons. The standard InChI is InChI=1S/C12H26S.2C10H20O2S.Sb/c1-2-3-4-5-6-7-8-9-10-11-12-13;2*1-8(2)6-4-3-5-7-9(13)10(11)12;/h13H,2-12H2,1H3;2*8-9,13H,3-7H2,1-2H3,(H,11,12);/q;;;+3/p-3. The Balaban J connectivity index is -0.000000514. The van der Waals surface area contributed by atoms with E-state index in [1.807, 2.05) is 30.5 Å². The van der Waals surface area contributed by atoms with E-state index in [4.69, 9.17) is 0 Å². The van der Waals surface area contributed by atoms with Crippen LogP contribution in [0.15, 0.2) is 0 Å². The number of carbonyl (C=O) groups is 2. The molecule has 0 aliphatic carbocycles. The van der Waals surface area contributed by atoms with Crippen molar-refractivity contribution in [3.8, 4) is 0 Å². The van der Waals surface area contributed by atoms with Crippen LogP contribution in [0.25, 0.3) is 0 Å². The Morgan fingerprint density at radius 1 is 0.575 bits per heavy atom. The number of thiol groups is 2. The minimum atomic E-state index is -1.05. The van der Waals surface area contributed by atoms with Gasteiger partial charge >= 0.3 is 100 Å². The third-order valence-electron chi connectivity index (χ3n) is 6.65. The SMILES string of the molecule is CC(C)CCCCCC(S)C(=O)[O-].CC(C)CCCCCC(S)C(=O)[O-].CCCCCCCCCCCC[S][Sb+2]. The van der Waals surface area contributed by atoms with Crippen LogP contribution >= 0.6 is 34.1 Å². The summed E-state index contributed by atoms with van der Waals surface area (Å²) in [5.41, 5.74) is 0. The first-order valence-electron chi connectivity index (χ1n) is 16.0. The summed E-state index contributed by atoms with van der Waals surface area (Å²) in [6, 6.07) is 0. The van der Waals surface area contributed by atoms with Crippen molar-refractivity contribution in [1.29, 1.82) is 0 Å². The van der Waals surface area contributed by atoms with E-state index in [1.54, 1.807) is 0 Å². The predicted molar refractivity (Wildman–Crippen MR) is 181 cm³/mol. The van der Waals surface area contributed by atoms with E-state index in [-0.39, 0.29) is 0 Å². The number of carbonyl (C=O) groups excluding carboxylic acids is 2. The monoisotopic (exact) mass is 728 g/mol. The van der Waals surface area contributed by atoms with Gasteiger partial charge in [-0.3, -0.25) is 0 Å². The van der Waals surface area contributed by atoms with Crippen molar-refractivity contribution in [2.45, 2.75) is 174 Å². The van der Waals surface area contributed by atoms with E-state index in [0.717, 1.165) is 37.5 Å². The first-order chi connectivity index (χ1) is 19.0. The second kappa shape index (κ2) is 36.0. The molecule has 2 atom stereocenters. The summed E-state index contributed by atoms with van der Waals surface area (Å²) in [5, 5.41) is 19.4.